The molecule has 0 aliphatic carbocycles. The molecule has 3 aromatic carbocycles. The van der Waals surface area contributed by atoms with E-state index in [1.54, 1.807) is 6.92 Å². The highest BCUT2D eigenvalue weighted by Gasteiger charge is 2.53. The van der Waals surface area contributed by atoms with Gasteiger partial charge in [-0.25, -0.2) is 8.78 Å². The molecule has 7 nitrogen and oxygen atoms in total. The van der Waals surface area contributed by atoms with E-state index in [-0.39, 0.29) is 41.2 Å². The molecule has 0 saturated carbocycles. The highest BCUT2D eigenvalue weighted by molar-refractivity contribution is 6.34. The number of primary amides is 1. The third kappa shape index (κ3) is 4.84. The van der Waals surface area contributed by atoms with Gasteiger partial charge in [-0.3, -0.25) is 4.79 Å². The summed E-state index contributed by atoms with van der Waals surface area (Å²) in [6.45, 7) is 3.30. The van der Waals surface area contributed by atoms with Gasteiger partial charge >= 0.3 is 0 Å². The molecule has 2 heterocycles. The number of nitrogens with one attached hydrogen (secondary N) is 1. The number of nitrogens with two attached hydrogens (primary N) is 1. The molecule has 0 spiro atoms. The molecule has 2 aliphatic rings. The van der Waals surface area contributed by atoms with Crippen molar-refractivity contribution in [2.24, 2.45) is 5.73 Å². The average Bonchev–Trinajstić information content (AvgIpc) is 3.45. The van der Waals surface area contributed by atoms with Crippen molar-refractivity contribution in [3.63, 3.8) is 0 Å². The quantitative estimate of drug-likeness (QED) is 0.347. The molecule has 10 heteroatoms. The summed E-state index contributed by atoms with van der Waals surface area (Å²) in [6.07, 6.45) is -0.418. The number of aliphatic hydroxyl groups excluding tert-OH is 1. The van der Waals surface area contributed by atoms with Crippen LogP contribution in [0.25, 0.3) is 11.1 Å². The number of rotatable bonds is 7. The Kier molecular flexibility index (Phi) is 7.05. The van der Waals surface area contributed by atoms with Crippen LogP contribution in [0.5, 0.6) is 11.5 Å². The molecule has 2 aliphatic heterocycles. The van der Waals surface area contributed by atoms with E-state index in [0.717, 1.165) is 11.6 Å². The summed E-state index contributed by atoms with van der Waals surface area (Å²) in [4.78, 5) is 12.4. The Labute approximate surface area is 229 Å². The monoisotopic (exact) mass is 558 g/mol. The van der Waals surface area contributed by atoms with E-state index in [9.17, 15) is 15.0 Å². The second-order valence-electron chi connectivity index (χ2n) is 10.5. The second kappa shape index (κ2) is 10.1. The first-order valence-corrected chi connectivity index (χ1v) is 13.0. The largest absolute Gasteiger partial charge is 0.488 e. The normalized spacial score (nSPS) is 24.7. The minimum absolute atomic E-state index is 0.0666. The SMILES string of the molecule is C[C@H](O)COc1ccc(C(N)=O)c(-c2c(Cl)c(F)cc3c2C[C@](c2ccccc2)(C2C[C@](C)(O)CN2)O3)c1F. The molecule has 1 saturated heterocycles. The van der Waals surface area contributed by atoms with Crippen LogP contribution in [-0.4, -0.2) is 47.0 Å². The standard InChI is InChI=1S/C29H29ClF2N2O5/c1-15(35)13-38-20-9-8-17(27(33)36)24(26(20)32)23-18-11-29(16-6-4-3-5-7-16,22-12-28(2,37)14-34-22)39-21(18)10-19(31)25(23)30/h3-10,15,22,34-35,37H,11-14H2,1-2H3,(H2,33,36)/t15-,22?,28-,29-/m0/s1. The Morgan fingerprint density at radius 2 is 1.97 bits per heavy atom. The van der Waals surface area contributed by atoms with Gasteiger partial charge < -0.3 is 30.7 Å². The van der Waals surface area contributed by atoms with Crippen LogP contribution in [0, 0.1) is 11.6 Å². The van der Waals surface area contributed by atoms with Crippen molar-refractivity contribution in [3.8, 4) is 22.6 Å². The van der Waals surface area contributed by atoms with Crippen molar-refractivity contribution < 1.29 is 33.3 Å². The molecule has 0 bridgehead atoms. The summed E-state index contributed by atoms with van der Waals surface area (Å²) in [5.74, 6) is -2.91. The average molecular weight is 559 g/mol. The number of amides is 1. The fraction of sp³-hybridized carbons (Fsp3) is 0.345. The van der Waals surface area contributed by atoms with Crippen LogP contribution in [0.2, 0.25) is 5.02 Å². The fourth-order valence-electron chi connectivity index (χ4n) is 5.52. The van der Waals surface area contributed by atoms with E-state index >= 15 is 8.78 Å². The predicted molar refractivity (Wildman–Crippen MR) is 142 cm³/mol. The van der Waals surface area contributed by atoms with E-state index in [0.29, 0.717) is 18.5 Å². The predicted octanol–water partition coefficient (Wildman–Crippen LogP) is 4.09. The van der Waals surface area contributed by atoms with Crippen molar-refractivity contribution >= 4 is 17.5 Å². The lowest BCUT2D eigenvalue weighted by Gasteiger charge is -2.36. The first-order chi connectivity index (χ1) is 18.4. The number of β-amino-alcohol motifs (C(OH)–C–C–N with tert-alkyl or cyclic N) is 1. The van der Waals surface area contributed by atoms with Gasteiger partial charge in [-0.1, -0.05) is 41.9 Å². The Balaban J connectivity index is 1.72. The third-order valence-corrected chi connectivity index (χ3v) is 7.69. The van der Waals surface area contributed by atoms with Gasteiger partial charge in [0, 0.05) is 35.7 Å². The summed E-state index contributed by atoms with van der Waals surface area (Å²) >= 11 is 6.50. The number of benzene rings is 3. The van der Waals surface area contributed by atoms with Crippen LogP contribution in [0.15, 0.2) is 48.5 Å². The van der Waals surface area contributed by atoms with Crippen molar-refractivity contribution in [1.29, 1.82) is 0 Å². The Hall–Kier alpha value is -3.24. The maximum absolute atomic E-state index is 16.0. The molecule has 206 valence electrons. The second-order valence-corrected chi connectivity index (χ2v) is 10.9. The van der Waals surface area contributed by atoms with E-state index in [4.69, 9.17) is 26.8 Å². The molecular formula is C29H29ClF2N2O5. The van der Waals surface area contributed by atoms with Crippen molar-refractivity contribution in [2.75, 3.05) is 13.2 Å². The minimum atomic E-state index is -1.10. The molecule has 0 radical (unpaired) electrons. The Morgan fingerprint density at radius 3 is 2.59 bits per heavy atom. The molecule has 4 atom stereocenters. The maximum Gasteiger partial charge on any atom is 0.249 e. The summed E-state index contributed by atoms with van der Waals surface area (Å²) in [6, 6.07) is 12.6. The molecule has 0 aromatic heterocycles. The van der Waals surface area contributed by atoms with Gasteiger partial charge in [-0.2, -0.15) is 0 Å². The number of aliphatic hydroxyl groups is 2. The molecule has 39 heavy (non-hydrogen) atoms. The first kappa shape index (κ1) is 27.3. The number of carbonyl (C=O) groups excluding carboxylic acids is 1. The lowest BCUT2D eigenvalue weighted by molar-refractivity contribution is 0.0319. The van der Waals surface area contributed by atoms with Crippen molar-refractivity contribution in [2.45, 2.75) is 50.0 Å². The van der Waals surface area contributed by atoms with Crippen LogP contribution in [-0.2, 0) is 12.0 Å². The molecular weight excluding hydrogens is 530 g/mol. The van der Waals surface area contributed by atoms with Crippen LogP contribution in [0.4, 0.5) is 8.78 Å². The van der Waals surface area contributed by atoms with Gasteiger partial charge in [0.2, 0.25) is 5.91 Å². The molecule has 3 aromatic rings. The highest BCUT2D eigenvalue weighted by atomic mass is 35.5. The zero-order valence-electron chi connectivity index (χ0n) is 21.4. The number of carbonyl (C=O) groups is 1. The van der Waals surface area contributed by atoms with Crippen LogP contribution < -0.4 is 20.5 Å². The summed E-state index contributed by atoms with van der Waals surface area (Å²) in [5, 5.41) is 23.3. The summed E-state index contributed by atoms with van der Waals surface area (Å²) in [7, 11) is 0. The highest BCUT2D eigenvalue weighted by Crippen LogP contribution is 2.53. The zero-order valence-corrected chi connectivity index (χ0v) is 22.2. The van der Waals surface area contributed by atoms with Gasteiger partial charge in [0.15, 0.2) is 17.2 Å². The van der Waals surface area contributed by atoms with Crippen LogP contribution in [0.1, 0.15) is 41.8 Å². The van der Waals surface area contributed by atoms with E-state index < -0.39 is 45.9 Å². The van der Waals surface area contributed by atoms with Gasteiger partial charge in [0.1, 0.15) is 18.2 Å². The van der Waals surface area contributed by atoms with Gasteiger partial charge in [0.25, 0.3) is 0 Å². The van der Waals surface area contributed by atoms with Gasteiger partial charge in [-0.15, -0.1) is 0 Å². The zero-order chi connectivity index (χ0) is 28.1. The van der Waals surface area contributed by atoms with Gasteiger partial charge in [-0.05, 0) is 38.0 Å². The smallest absolute Gasteiger partial charge is 0.249 e. The molecule has 1 fully saturated rings. The fourth-order valence-corrected chi connectivity index (χ4v) is 5.79. The number of ether oxygens (including phenoxy) is 2. The molecule has 5 rings (SSSR count). The number of hydrogen-bond acceptors (Lipinski definition) is 6. The Bertz CT molecular complexity index is 1430. The summed E-state index contributed by atoms with van der Waals surface area (Å²) in [5.41, 5.74) is 4.06. The number of hydrogen-bond donors (Lipinski definition) is 4. The molecule has 1 unspecified atom stereocenters. The molecule has 5 N–H and O–H groups in total. The van der Waals surface area contributed by atoms with Crippen molar-refractivity contribution in [1.82, 2.24) is 5.32 Å². The Morgan fingerprint density at radius 1 is 1.26 bits per heavy atom. The third-order valence-electron chi connectivity index (χ3n) is 7.32. The minimum Gasteiger partial charge on any atom is -0.488 e. The first-order valence-electron chi connectivity index (χ1n) is 12.6. The lowest BCUT2D eigenvalue weighted by Crippen LogP contribution is -2.49. The van der Waals surface area contributed by atoms with Crippen molar-refractivity contribution in [3.05, 3.63) is 81.9 Å². The van der Waals surface area contributed by atoms with E-state index in [1.807, 2.05) is 30.3 Å². The topological polar surface area (TPSA) is 114 Å². The molecule has 1 amide bonds. The summed E-state index contributed by atoms with van der Waals surface area (Å²) < 4.78 is 43.3. The lowest BCUT2D eigenvalue weighted by atomic mass is 9.79. The van der Waals surface area contributed by atoms with Crippen LogP contribution >= 0.6 is 11.6 Å². The van der Waals surface area contributed by atoms with E-state index in [1.165, 1.54) is 19.1 Å². The van der Waals surface area contributed by atoms with Gasteiger partial charge in [0.05, 0.1) is 28.3 Å². The number of halogens is 3. The number of fused-ring (bicyclic) bond motifs is 1. The van der Waals surface area contributed by atoms with E-state index in [2.05, 4.69) is 5.32 Å². The van der Waals surface area contributed by atoms with Crippen LogP contribution in [0.3, 0.4) is 0 Å². The maximum atomic E-state index is 16.0.